The number of amides is 2. The van der Waals surface area contributed by atoms with Crippen molar-refractivity contribution in [2.45, 2.75) is 24.0 Å². The van der Waals surface area contributed by atoms with Gasteiger partial charge in [-0.1, -0.05) is 30.3 Å². The van der Waals surface area contributed by atoms with Crippen LogP contribution in [0.15, 0.2) is 77.7 Å². The maximum atomic E-state index is 12.5. The van der Waals surface area contributed by atoms with Gasteiger partial charge in [0.25, 0.3) is 5.91 Å². The maximum Gasteiger partial charge on any atom is 0.255 e. The Morgan fingerprint density at radius 2 is 1.57 bits per heavy atom. The molecule has 3 aromatic rings. The Morgan fingerprint density at radius 1 is 0.900 bits per heavy atom. The molecular weight excluding hydrogens is 396 g/mol. The van der Waals surface area contributed by atoms with E-state index < -0.39 is 0 Å². The summed E-state index contributed by atoms with van der Waals surface area (Å²) in [6.45, 7) is 3.76. The van der Waals surface area contributed by atoms with Gasteiger partial charge in [-0.05, 0) is 61.9 Å². The van der Waals surface area contributed by atoms with Crippen molar-refractivity contribution in [1.29, 1.82) is 0 Å². The number of hydrogen-bond donors (Lipinski definition) is 2. The third-order valence-electron chi connectivity index (χ3n) is 4.55. The first-order chi connectivity index (χ1) is 14.5. The van der Waals surface area contributed by atoms with Crippen LogP contribution >= 0.6 is 11.8 Å². The summed E-state index contributed by atoms with van der Waals surface area (Å²) >= 11 is 1.45. The molecule has 5 nitrogen and oxygen atoms in total. The summed E-state index contributed by atoms with van der Waals surface area (Å²) in [7, 11) is 1.57. The maximum absolute atomic E-state index is 12.5. The Hall–Kier alpha value is -3.25. The van der Waals surface area contributed by atoms with Crippen molar-refractivity contribution in [2.24, 2.45) is 0 Å². The Bertz CT molecular complexity index is 1030. The summed E-state index contributed by atoms with van der Waals surface area (Å²) in [6.07, 6.45) is 0. The molecule has 2 amide bonds. The molecule has 0 aliphatic carbocycles. The number of ether oxygens (including phenoxy) is 1. The molecular formula is C24H24N2O3S. The number of para-hydroxylation sites is 2. The van der Waals surface area contributed by atoms with Gasteiger partial charge in [-0.3, -0.25) is 9.59 Å². The minimum atomic E-state index is -0.303. The summed E-state index contributed by atoms with van der Waals surface area (Å²) in [6, 6.07) is 22.2. The Balaban J connectivity index is 1.59. The molecule has 0 aliphatic rings. The van der Waals surface area contributed by atoms with Gasteiger partial charge in [-0.15, -0.1) is 11.8 Å². The van der Waals surface area contributed by atoms with Crippen molar-refractivity contribution in [2.75, 3.05) is 17.7 Å². The lowest BCUT2D eigenvalue weighted by Crippen LogP contribution is -2.22. The molecule has 154 valence electrons. The SMILES string of the molecule is COc1ccccc1NC(=O)C(C)Sc1ccc(NC(=O)c2ccccc2C)cc1. The van der Waals surface area contributed by atoms with Gasteiger partial charge in [0.2, 0.25) is 5.91 Å². The number of thioether (sulfide) groups is 1. The van der Waals surface area contributed by atoms with Crippen molar-refractivity contribution < 1.29 is 14.3 Å². The lowest BCUT2D eigenvalue weighted by atomic mass is 10.1. The van der Waals surface area contributed by atoms with Crippen LogP contribution in [0, 0.1) is 6.92 Å². The van der Waals surface area contributed by atoms with E-state index in [0.29, 0.717) is 22.7 Å². The lowest BCUT2D eigenvalue weighted by Gasteiger charge is -2.14. The van der Waals surface area contributed by atoms with Crippen LogP contribution in [0.1, 0.15) is 22.8 Å². The van der Waals surface area contributed by atoms with Crippen LogP contribution in [0.3, 0.4) is 0 Å². The van der Waals surface area contributed by atoms with Crippen LogP contribution in [0.2, 0.25) is 0 Å². The van der Waals surface area contributed by atoms with Gasteiger partial charge in [-0.2, -0.15) is 0 Å². The largest absolute Gasteiger partial charge is 0.495 e. The molecule has 0 aliphatic heterocycles. The van der Waals surface area contributed by atoms with Gasteiger partial charge < -0.3 is 15.4 Å². The van der Waals surface area contributed by atoms with E-state index in [9.17, 15) is 9.59 Å². The average Bonchev–Trinajstić information content (AvgIpc) is 2.75. The number of carbonyl (C=O) groups excluding carboxylic acids is 2. The Labute approximate surface area is 180 Å². The van der Waals surface area contributed by atoms with E-state index in [1.807, 2.05) is 68.4 Å². The monoisotopic (exact) mass is 420 g/mol. The molecule has 2 N–H and O–H groups in total. The number of carbonyl (C=O) groups is 2. The van der Waals surface area contributed by atoms with Gasteiger partial charge in [0.15, 0.2) is 0 Å². The highest BCUT2D eigenvalue weighted by Gasteiger charge is 2.16. The van der Waals surface area contributed by atoms with Gasteiger partial charge in [0.1, 0.15) is 5.75 Å². The molecule has 1 unspecified atom stereocenters. The summed E-state index contributed by atoms with van der Waals surface area (Å²) in [5.41, 5.74) is 2.93. The van der Waals surface area contributed by atoms with Crippen LogP contribution in [0.4, 0.5) is 11.4 Å². The van der Waals surface area contributed by atoms with Crippen LogP contribution in [-0.2, 0) is 4.79 Å². The Kier molecular flexibility index (Phi) is 7.14. The average molecular weight is 421 g/mol. The normalized spacial score (nSPS) is 11.4. The van der Waals surface area contributed by atoms with Crippen LogP contribution < -0.4 is 15.4 Å². The second-order valence-corrected chi connectivity index (χ2v) is 8.16. The van der Waals surface area contributed by atoms with Crippen LogP contribution in [0.5, 0.6) is 5.75 Å². The lowest BCUT2D eigenvalue weighted by molar-refractivity contribution is -0.115. The summed E-state index contributed by atoms with van der Waals surface area (Å²) < 4.78 is 5.27. The molecule has 1 atom stereocenters. The number of aryl methyl sites for hydroxylation is 1. The first-order valence-corrected chi connectivity index (χ1v) is 10.4. The van der Waals surface area contributed by atoms with Crippen molar-refractivity contribution in [1.82, 2.24) is 0 Å². The molecule has 30 heavy (non-hydrogen) atoms. The first kappa shape index (κ1) is 21.5. The van der Waals surface area contributed by atoms with Crippen molar-refractivity contribution in [3.05, 3.63) is 83.9 Å². The molecule has 0 spiro atoms. The summed E-state index contributed by atoms with van der Waals surface area (Å²) in [5.74, 6) is 0.372. The molecule has 6 heteroatoms. The van der Waals surface area contributed by atoms with Crippen LogP contribution in [0.25, 0.3) is 0 Å². The summed E-state index contributed by atoms with van der Waals surface area (Å²) in [5, 5.41) is 5.50. The fourth-order valence-corrected chi connectivity index (χ4v) is 3.75. The van der Waals surface area contributed by atoms with Gasteiger partial charge in [-0.25, -0.2) is 0 Å². The van der Waals surface area contributed by atoms with Gasteiger partial charge in [0.05, 0.1) is 18.0 Å². The highest BCUT2D eigenvalue weighted by molar-refractivity contribution is 8.00. The number of methoxy groups -OCH3 is 1. The molecule has 0 bridgehead atoms. The highest BCUT2D eigenvalue weighted by Crippen LogP contribution is 2.28. The smallest absolute Gasteiger partial charge is 0.255 e. The van der Waals surface area contributed by atoms with Crippen molar-refractivity contribution in [3.63, 3.8) is 0 Å². The molecule has 3 rings (SSSR count). The van der Waals surface area contributed by atoms with E-state index in [-0.39, 0.29) is 17.1 Å². The predicted octanol–water partition coefficient (Wildman–Crippen LogP) is 5.38. The van der Waals surface area contributed by atoms with E-state index in [1.54, 1.807) is 25.3 Å². The molecule has 0 saturated heterocycles. The molecule has 0 heterocycles. The van der Waals surface area contributed by atoms with Gasteiger partial charge >= 0.3 is 0 Å². The Morgan fingerprint density at radius 3 is 2.27 bits per heavy atom. The number of hydrogen-bond acceptors (Lipinski definition) is 4. The fraction of sp³-hybridized carbons (Fsp3) is 0.167. The standard InChI is InChI=1S/C24H24N2O3S/c1-16-8-4-5-9-20(16)24(28)25-18-12-14-19(15-13-18)30-17(2)23(27)26-21-10-6-7-11-22(21)29-3/h4-15,17H,1-3H3,(H,25,28)(H,26,27). The number of rotatable bonds is 7. The fourth-order valence-electron chi connectivity index (χ4n) is 2.88. The van der Waals surface area contributed by atoms with E-state index in [4.69, 9.17) is 4.74 Å². The minimum absolute atomic E-state index is 0.110. The van der Waals surface area contributed by atoms with E-state index in [2.05, 4.69) is 10.6 Å². The molecule has 0 radical (unpaired) electrons. The predicted molar refractivity (Wildman–Crippen MR) is 123 cm³/mol. The number of anilines is 2. The molecule has 3 aromatic carbocycles. The van der Waals surface area contributed by atoms with E-state index >= 15 is 0 Å². The second kappa shape index (κ2) is 9.98. The zero-order valence-electron chi connectivity index (χ0n) is 17.1. The molecule has 0 aromatic heterocycles. The highest BCUT2D eigenvalue weighted by atomic mass is 32.2. The van der Waals surface area contributed by atoms with Gasteiger partial charge in [0, 0.05) is 16.1 Å². The molecule has 0 saturated carbocycles. The van der Waals surface area contributed by atoms with Crippen molar-refractivity contribution in [3.8, 4) is 5.75 Å². The zero-order chi connectivity index (χ0) is 21.5. The van der Waals surface area contributed by atoms with E-state index in [0.717, 1.165) is 10.5 Å². The van der Waals surface area contributed by atoms with Crippen LogP contribution in [-0.4, -0.2) is 24.2 Å². The quantitative estimate of drug-likeness (QED) is 0.504. The minimum Gasteiger partial charge on any atom is -0.495 e. The van der Waals surface area contributed by atoms with Crippen molar-refractivity contribution >= 4 is 35.0 Å². The molecule has 0 fully saturated rings. The first-order valence-electron chi connectivity index (χ1n) is 9.55. The van der Waals surface area contributed by atoms with E-state index in [1.165, 1.54) is 11.8 Å². The second-order valence-electron chi connectivity index (χ2n) is 6.74. The third-order valence-corrected chi connectivity index (χ3v) is 5.66. The third kappa shape index (κ3) is 5.42. The topological polar surface area (TPSA) is 67.4 Å². The zero-order valence-corrected chi connectivity index (χ0v) is 18.0. The number of nitrogens with one attached hydrogen (secondary N) is 2. The number of benzene rings is 3. The summed E-state index contributed by atoms with van der Waals surface area (Å²) in [4.78, 5) is 25.9.